The Balaban J connectivity index is 1.78. The lowest BCUT2D eigenvalue weighted by Gasteiger charge is -2.40. The first-order valence-electron chi connectivity index (χ1n) is 10.5. The van der Waals surface area contributed by atoms with Gasteiger partial charge in [0.25, 0.3) is 11.5 Å². The molecule has 0 bridgehead atoms. The van der Waals surface area contributed by atoms with Gasteiger partial charge in [-0.25, -0.2) is 0 Å². The minimum atomic E-state index is -2.60. The molecule has 0 aromatic carbocycles. The lowest BCUT2D eigenvalue weighted by molar-refractivity contribution is 0.0757. The topological polar surface area (TPSA) is 155 Å². The molecule has 3 aromatic rings. The van der Waals surface area contributed by atoms with Gasteiger partial charge < -0.3 is 15.2 Å². The summed E-state index contributed by atoms with van der Waals surface area (Å²) in [6, 6.07) is 1.59. The zero-order valence-corrected chi connectivity index (χ0v) is 19.4. The van der Waals surface area contributed by atoms with Crippen LogP contribution in [0, 0.1) is 5.92 Å². The average Bonchev–Trinajstić information content (AvgIpc) is 3.30. The smallest absolute Gasteiger partial charge is 0.272 e. The second-order valence-corrected chi connectivity index (χ2v) is 11.1. The van der Waals surface area contributed by atoms with Crippen molar-refractivity contribution < 1.29 is 13.9 Å². The molecule has 4 heterocycles. The van der Waals surface area contributed by atoms with Crippen LogP contribution in [0.3, 0.4) is 0 Å². The fraction of sp³-hybridized carbons (Fsp3) is 0.500. The summed E-state index contributed by atoms with van der Waals surface area (Å²) < 4.78 is 22.8. The van der Waals surface area contributed by atoms with Crippen molar-refractivity contribution in [1.29, 1.82) is 0 Å². The van der Waals surface area contributed by atoms with Gasteiger partial charge in [-0.3, -0.25) is 28.5 Å². The van der Waals surface area contributed by atoms with Crippen molar-refractivity contribution in [2.45, 2.75) is 26.8 Å². The van der Waals surface area contributed by atoms with Gasteiger partial charge in [0.05, 0.1) is 22.7 Å². The molecule has 12 heteroatoms. The molecule has 0 aliphatic carbocycles. The van der Waals surface area contributed by atoms with E-state index in [-0.39, 0.29) is 53.8 Å². The maximum atomic E-state index is 13.1. The summed E-state index contributed by atoms with van der Waals surface area (Å²) in [5.74, 6) is 0.449. The summed E-state index contributed by atoms with van der Waals surface area (Å²) in [5.41, 5.74) is 7.74. The number of aromatic amines is 1. The van der Waals surface area contributed by atoms with Crippen molar-refractivity contribution in [3.8, 4) is 11.3 Å². The zero-order valence-electron chi connectivity index (χ0n) is 18.6. The van der Waals surface area contributed by atoms with Gasteiger partial charge in [0, 0.05) is 37.9 Å². The second kappa shape index (κ2) is 7.94. The van der Waals surface area contributed by atoms with Crippen LogP contribution >= 0.6 is 10.6 Å². The monoisotopic (exact) mass is 463 g/mol. The van der Waals surface area contributed by atoms with E-state index < -0.39 is 10.6 Å². The summed E-state index contributed by atoms with van der Waals surface area (Å²) in [4.78, 5) is 27.8. The molecule has 1 aliphatic heterocycles. The lowest BCUT2D eigenvalue weighted by Crippen LogP contribution is -2.42. The Labute approximate surface area is 186 Å². The molecular formula is C20H29N7O4S. The van der Waals surface area contributed by atoms with Crippen LogP contribution in [0.1, 0.15) is 37.3 Å². The Hall–Kier alpha value is -2.83. The molecule has 1 amide bonds. The third kappa shape index (κ3) is 3.78. The van der Waals surface area contributed by atoms with Crippen LogP contribution in [0.15, 0.2) is 17.1 Å². The number of hydrogen-bond acceptors (Lipinski definition) is 7. The zero-order chi connectivity index (χ0) is 23.4. The molecule has 1 saturated heterocycles. The molecule has 3 aromatic heterocycles. The van der Waals surface area contributed by atoms with E-state index in [9.17, 15) is 18.7 Å². The van der Waals surface area contributed by atoms with Crippen molar-refractivity contribution >= 4 is 33.2 Å². The van der Waals surface area contributed by atoms with Gasteiger partial charge in [-0.05, 0) is 18.9 Å². The SMILES string of the molecule is CC(C)[C@H](C)n1cc(-c2cc(C(=O)N3CCS(O)(O)CC3)n(C)n2)c2[nH]nc(N)c2c1=O. The molecule has 32 heavy (non-hydrogen) atoms. The molecule has 174 valence electrons. The second-order valence-electron chi connectivity index (χ2n) is 8.64. The Bertz CT molecular complexity index is 1230. The number of nitrogen functional groups attached to an aromatic ring is 1. The number of rotatable bonds is 4. The number of nitrogens with one attached hydrogen (secondary N) is 1. The molecule has 5 N–H and O–H groups in total. The molecule has 4 rings (SSSR count). The maximum absolute atomic E-state index is 13.1. The van der Waals surface area contributed by atoms with Crippen molar-refractivity contribution in [3.05, 3.63) is 28.3 Å². The number of pyridine rings is 1. The van der Waals surface area contributed by atoms with Crippen LogP contribution in [0.2, 0.25) is 0 Å². The number of nitrogens with zero attached hydrogens (tertiary/aromatic N) is 5. The number of nitrogens with two attached hydrogens (primary N) is 1. The first-order valence-corrected chi connectivity index (χ1v) is 12.3. The van der Waals surface area contributed by atoms with Crippen LogP contribution in [-0.2, 0) is 7.05 Å². The van der Waals surface area contributed by atoms with Gasteiger partial charge in [0.2, 0.25) is 0 Å². The van der Waals surface area contributed by atoms with Gasteiger partial charge in [-0.1, -0.05) is 13.8 Å². The summed E-state index contributed by atoms with van der Waals surface area (Å²) in [7, 11) is -0.917. The van der Waals surface area contributed by atoms with E-state index in [0.29, 0.717) is 27.9 Å². The quantitative estimate of drug-likeness (QED) is 0.462. The Morgan fingerprint density at radius 2 is 1.91 bits per heavy atom. The van der Waals surface area contributed by atoms with Gasteiger partial charge in [0.15, 0.2) is 5.82 Å². The number of aromatic nitrogens is 5. The predicted octanol–water partition coefficient (Wildman–Crippen LogP) is 2.13. The Kier molecular flexibility index (Phi) is 5.55. The highest BCUT2D eigenvalue weighted by Crippen LogP contribution is 2.40. The molecule has 1 fully saturated rings. The van der Waals surface area contributed by atoms with Crippen LogP contribution in [0.25, 0.3) is 22.2 Å². The largest absolute Gasteiger partial charge is 0.382 e. The highest BCUT2D eigenvalue weighted by atomic mass is 32.3. The van der Waals surface area contributed by atoms with Gasteiger partial charge in [0.1, 0.15) is 11.1 Å². The van der Waals surface area contributed by atoms with Crippen molar-refractivity contribution in [1.82, 2.24) is 29.4 Å². The van der Waals surface area contributed by atoms with Crippen molar-refractivity contribution in [3.63, 3.8) is 0 Å². The maximum Gasteiger partial charge on any atom is 0.272 e. The summed E-state index contributed by atoms with van der Waals surface area (Å²) in [5, 5.41) is 11.7. The van der Waals surface area contributed by atoms with E-state index in [0.717, 1.165) is 0 Å². The Morgan fingerprint density at radius 1 is 1.25 bits per heavy atom. The Morgan fingerprint density at radius 3 is 2.53 bits per heavy atom. The third-order valence-corrected chi connectivity index (χ3v) is 7.89. The molecular weight excluding hydrogens is 434 g/mol. The van der Waals surface area contributed by atoms with Gasteiger partial charge in [-0.15, -0.1) is 0 Å². The predicted molar refractivity (Wildman–Crippen MR) is 125 cm³/mol. The normalized spacial score (nSPS) is 18.3. The number of aryl methyl sites for hydroxylation is 1. The number of H-pyrrole nitrogens is 1. The molecule has 1 aliphatic rings. The molecule has 1 atom stereocenters. The van der Waals surface area contributed by atoms with E-state index in [4.69, 9.17) is 5.73 Å². The van der Waals surface area contributed by atoms with E-state index >= 15 is 0 Å². The standard InChI is InChI=1S/C20H29N7O4S/c1-11(2)12(3)27-10-13(17-16(20(27)29)18(21)23-22-17)14-9-15(25(4)24-14)19(28)26-5-7-32(30,31)8-6-26/h9-12,30-31H,5-8H2,1-4H3,(H3,21,22,23)/t12-/m0/s1. The highest BCUT2D eigenvalue weighted by Gasteiger charge is 2.29. The molecule has 0 radical (unpaired) electrons. The van der Waals surface area contributed by atoms with Crippen LogP contribution in [0.5, 0.6) is 0 Å². The molecule has 0 saturated carbocycles. The summed E-state index contributed by atoms with van der Waals surface area (Å²) in [6.07, 6.45) is 1.74. The number of hydrogen-bond donors (Lipinski definition) is 4. The average molecular weight is 464 g/mol. The fourth-order valence-corrected chi connectivity index (χ4v) is 5.10. The van der Waals surface area contributed by atoms with Crippen LogP contribution < -0.4 is 11.3 Å². The van der Waals surface area contributed by atoms with E-state index in [2.05, 4.69) is 15.3 Å². The minimum Gasteiger partial charge on any atom is -0.382 e. The van der Waals surface area contributed by atoms with Gasteiger partial charge in [-0.2, -0.15) is 20.8 Å². The van der Waals surface area contributed by atoms with E-state index in [1.165, 1.54) is 4.68 Å². The number of amides is 1. The number of carbonyl (C=O) groups is 1. The first kappa shape index (κ1) is 22.4. The minimum absolute atomic E-state index is 0.0853. The van der Waals surface area contributed by atoms with Crippen molar-refractivity contribution in [2.24, 2.45) is 13.0 Å². The highest BCUT2D eigenvalue weighted by molar-refractivity contribution is 8.24. The fourth-order valence-electron chi connectivity index (χ4n) is 3.87. The number of carbonyl (C=O) groups excluding carboxylic acids is 1. The van der Waals surface area contributed by atoms with Crippen molar-refractivity contribution in [2.75, 3.05) is 30.3 Å². The lowest BCUT2D eigenvalue weighted by atomic mass is 10.0. The third-order valence-electron chi connectivity index (χ3n) is 6.22. The first-order chi connectivity index (χ1) is 15.0. The van der Waals surface area contributed by atoms with Gasteiger partial charge >= 0.3 is 0 Å². The summed E-state index contributed by atoms with van der Waals surface area (Å²) >= 11 is 0. The molecule has 11 nitrogen and oxygen atoms in total. The van der Waals surface area contributed by atoms with E-state index in [1.807, 2.05) is 20.8 Å². The molecule has 0 spiro atoms. The van der Waals surface area contributed by atoms with E-state index in [1.54, 1.807) is 28.8 Å². The number of anilines is 1. The summed E-state index contributed by atoms with van der Waals surface area (Å²) in [6.45, 7) is 6.58. The molecule has 0 unspecified atom stereocenters. The van der Waals surface area contributed by atoms with Crippen LogP contribution in [0.4, 0.5) is 5.82 Å². The van der Waals surface area contributed by atoms with Crippen LogP contribution in [-0.4, -0.2) is 69.1 Å². The number of fused-ring (bicyclic) bond motifs is 1.